The SMILES string of the molecule is Cc1[nH]ncc1CNS(=O)(=O)C1CCS(=O)(=O)CC1. The van der Waals surface area contributed by atoms with Crippen molar-refractivity contribution < 1.29 is 16.8 Å². The van der Waals surface area contributed by atoms with E-state index in [1.807, 2.05) is 6.92 Å². The molecular weight excluding hydrogens is 290 g/mol. The molecule has 19 heavy (non-hydrogen) atoms. The van der Waals surface area contributed by atoms with Gasteiger partial charge in [0.05, 0.1) is 23.0 Å². The molecule has 2 rings (SSSR count). The van der Waals surface area contributed by atoms with Crippen LogP contribution in [0.5, 0.6) is 0 Å². The topological polar surface area (TPSA) is 109 Å². The number of sulfonamides is 1. The van der Waals surface area contributed by atoms with E-state index in [4.69, 9.17) is 0 Å². The predicted octanol–water partition coefficient (Wildman–Crippen LogP) is -0.285. The molecule has 0 saturated carbocycles. The second-order valence-corrected chi connectivity index (χ2v) is 9.09. The molecule has 1 saturated heterocycles. The van der Waals surface area contributed by atoms with Crippen LogP contribution in [-0.2, 0) is 26.4 Å². The fourth-order valence-corrected chi connectivity index (χ4v) is 5.27. The lowest BCUT2D eigenvalue weighted by atomic mass is 10.2. The smallest absolute Gasteiger partial charge is 0.214 e. The van der Waals surface area contributed by atoms with Gasteiger partial charge in [0.2, 0.25) is 10.0 Å². The maximum atomic E-state index is 12.1. The average molecular weight is 307 g/mol. The summed E-state index contributed by atoms with van der Waals surface area (Å²) in [6.45, 7) is 1.98. The molecule has 1 aromatic heterocycles. The Morgan fingerprint density at radius 2 is 2.05 bits per heavy atom. The number of hydrogen-bond donors (Lipinski definition) is 2. The molecule has 2 heterocycles. The van der Waals surface area contributed by atoms with Crippen LogP contribution < -0.4 is 4.72 Å². The molecule has 0 aromatic carbocycles. The van der Waals surface area contributed by atoms with E-state index in [1.54, 1.807) is 6.20 Å². The molecule has 0 spiro atoms. The Morgan fingerprint density at radius 1 is 1.42 bits per heavy atom. The third kappa shape index (κ3) is 3.54. The minimum atomic E-state index is -3.48. The van der Waals surface area contributed by atoms with Gasteiger partial charge in [-0.15, -0.1) is 0 Å². The Kier molecular flexibility index (Phi) is 3.98. The van der Waals surface area contributed by atoms with E-state index in [1.165, 1.54) is 0 Å². The Balaban J connectivity index is 1.98. The number of aromatic nitrogens is 2. The van der Waals surface area contributed by atoms with Gasteiger partial charge in [-0.1, -0.05) is 0 Å². The first-order valence-corrected chi connectivity index (χ1v) is 9.35. The molecule has 0 aliphatic carbocycles. The van der Waals surface area contributed by atoms with Crippen molar-refractivity contribution in [3.8, 4) is 0 Å². The van der Waals surface area contributed by atoms with Gasteiger partial charge in [-0.2, -0.15) is 5.10 Å². The van der Waals surface area contributed by atoms with Crippen LogP contribution in [0, 0.1) is 6.92 Å². The molecule has 0 bridgehead atoms. The van der Waals surface area contributed by atoms with E-state index in [2.05, 4.69) is 14.9 Å². The largest absolute Gasteiger partial charge is 0.283 e. The number of nitrogens with one attached hydrogen (secondary N) is 2. The van der Waals surface area contributed by atoms with Crippen molar-refractivity contribution in [1.29, 1.82) is 0 Å². The van der Waals surface area contributed by atoms with Gasteiger partial charge in [0, 0.05) is 17.8 Å². The summed E-state index contributed by atoms with van der Waals surface area (Å²) in [6, 6.07) is 0. The van der Waals surface area contributed by atoms with Gasteiger partial charge in [-0.25, -0.2) is 21.6 Å². The molecule has 1 aliphatic rings. The lowest BCUT2D eigenvalue weighted by Crippen LogP contribution is -2.39. The molecule has 1 aliphatic heterocycles. The second-order valence-electron chi connectivity index (χ2n) is 4.74. The van der Waals surface area contributed by atoms with E-state index in [-0.39, 0.29) is 30.9 Å². The second kappa shape index (κ2) is 5.22. The van der Waals surface area contributed by atoms with Gasteiger partial charge in [-0.3, -0.25) is 5.10 Å². The maximum absolute atomic E-state index is 12.1. The first-order valence-electron chi connectivity index (χ1n) is 5.98. The van der Waals surface area contributed by atoms with Crippen molar-refractivity contribution >= 4 is 19.9 Å². The summed E-state index contributed by atoms with van der Waals surface area (Å²) in [5, 5.41) is 5.92. The highest BCUT2D eigenvalue weighted by Crippen LogP contribution is 2.19. The molecule has 7 nitrogen and oxygen atoms in total. The average Bonchev–Trinajstić information content (AvgIpc) is 2.72. The molecule has 9 heteroatoms. The Labute approximate surface area is 112 Å². The van der Waals surface area contributed by atoms with E-state index in [0.717, 1.165) is 11.3 Å². The van der Waals surface area contributed by atoms with E-state index >= 15 is 0 Å². The van der Waals surface area contributed by atoms with Crippen LogP contribution in [0.25, 0.3) is 0 Å². The summed E-state index contributed by atoms with van der Waals surface area (Å²) < 4.78 is 49.2. The standard InChI is InChI=1S/C10H17N3O4S2/c1-8-9(6-11-13-8)7-12-19(16,17)10-2-4-18(14,15)5-3-10/h6,10,12H,2-5,7H2,1H3,(H,11,13). The van der Waals surface area contributed by atoms with Crippen molar-refractivity contribution in [2.24, 2.45) is 0 Å². The summed E-state index contributed by atoms with van der Waals surface area (Å²) >= 11 is 0. The molecular formula is C10H17N3O4S2. The van der Waals surface area contributed by atoms with Gasteiger partial charge in [-0.05, 0) is 19.8 Å². The van der Waals surface area contributed by atoms with Gasteiger partial charge < -0.3 is 0 Å². The van der Waals surface area contributed by atoms with Crippen LogP contribution in [0.2, 0.25) is 0 Å². The summed E-state index contributed by atoms with van der Waals surface area (Å²) in [4.78, 5) is 0. The number of H-pyrrole nitrogens is 1. The Hall–Kier alpha value is -0.930. The summed E-state index contributed by atoms with van der Waals surface area (Å²) in [5.74, 6) is -0.105. The highest BCUT2D eigenvalue weighted by molar-refractivity contribution is 7.92. The highest BCUT2D eigenvalue weighted by Gasteiger charge is 2.32. The van der Waals surface area contributed by atoms with Gasteiger partial charge in [0.25, 0.3) is 0 Å². The van der Waals surface area contributed by atoms with Crippen LogP contribution in [0.3, 0.4) is 0 Å². The van der Waals surface area contributed by atoms with Crippen molar-refractivity contribution in [2.75, 3.05) is 11.5 Å². The van der Waals surface area contributed by atoms with Crippen LogP contribution >= 0.6 is 0 Å². The first-order chi connectivity index (χ1) is 8.80. The lowest BCUT2D eigenvalue weighted by molar-refractivity contribution is 0.542. The number of hydrogen-bond acceptors (Lipinski definition) is 5. The number of aryl methyl sites for hydroxylation is 1. The summed E-state index contributed by atoms with van der Waals surface area (Å²) in [5.41, 5.74) is 1.60. The van der Waals surface area contributed by atoms with Crippen molar-refractivity contribution in [1.82, 2.24) is 14.9 Å². The number of aromatic amines is 1. The fraction of sp³-hybridized carbons (Fsp3) is 0.700. The Bertz CT molecular complexity index is 634. The van der Waals surface area contributed by atoms with Crippen LogP contribution in [0.4, 0.5) is 0 Å². The summed E-state index contributed by atoms with van der Waals surface area (Å²) in [6.07, 6.45) is 1.91. The van der Waals surface area contributed by atoms with Gasteiger partial charge in [0.1, 0.15) is 9.84 Å². The monoisotopic (exact) mass is 307 g/mol. The zero-order valence-electron chi connectivity index (χ0n) is 10.6. The minimum Gasteiger partial charge on any atom is -0.283 e. The molecule has 108 valence electrons. The molecule has 0 radical (unpaired) electrons. The number of rotatable bonds is 4. The first kappa shape index (κ1) is 14.5. The molecule has 0 amide bonds. The molecule has 0 atom stereocenters. The predicted molar refractivity (Wildman–Crippen MR) is 70.8 cm³/mol. The lowest BCUT2D eigenvalue weighted by Gasteiger charge is -2.22. The molecule has 1 aromatic rings. The quantitative estimate of drug-likeness (QED) is 0.795. The fourth-order valence-electron chi connectivity index (χ4n) is 2.03. The van der Waals surface area contributed by atoms with Crippen LogP contribution in [-0.4, -0.2) is 43.8 Å². The minimum absolute atomic E-state index is 0.0523. The van der Waals surface area contributed by atoms with E-state index in [0.29, 0.717) is 0 Å². The number of sulfone groups is 1. The van der Waals surface area contributed by atoms with Crippen LogP contribution in [0.1, 0.15) is 24.1 Å². The van der Waals surface area contributed by atoms with Crippen LogP contribution in [0.15, 0.2) is 6.20 Å². The van der Waals surface area contributed by atoms with Gasteiger partial charge in [0.15, 0.2) is 0 Å². The third-order valence-electron chi connectivity index (χ3n) is 3.34. The van der Waals surface area contributed by atoms with E-state index < -0.39 is 25.1 Å². The summed E-state index contributed by atoms with van der Waals surface area (Å²) in [7, 11) is -6.53. The zero-order chi connectivity index (χ0) is 14.1. The van der Waals surface area contributed by atoms with Crippen molar-refractivity contribution in [2.45, 2.75) is 31.6 Å². The highest BCUT2D eigenvalue weighted by atomic mass is 32.2. The van der Waals surface area contributed by atoms with Gasteiger partial charge >= 0.3 is 0 Å². The maximum Gasteiger partial charge on any atom is 0.214 e. The third-order valence-corrected chi connectivity index (χ3v) is 6.95. The molecule has 2 N–H and O–H groups in total. The van der Waals surface area contributed by atoms with E-state index in [9.17, 15) is 16.8 Å². The molecule has 1 fully saturated rings. The molecule has 0 unspecified atom stereocenters. The van der Waals surface area contributed by atoms with Crippen molar-refractivity contribution in [3.05, 3.63) is 17.5 Å². The normalized spacial score (nSPS) is 20.5. The van der Waals surface area contributed by atoms with Crippen molar-refractivity contribution in [3.63, 3.8) is 0 Å². The zero-order valence-corrected chi connectivity index (χ0v) is 12.2. The Morgan fingerprint density at radius 3 is 2.58 bits per heavy atom. The number of nitrogens with zero attached hydrogens (tertiary/aromatic N) is 1.